The van der Waals surface area contributed by atoms with Gasteiger partial charge in [-0.25, -0.2) is 0 Å². The van der Waals surface area contributed by atoms with Crippen LogP contribution in [-0.4, -0.2) is 61.5 Å². The van der Waals surface area contributed by atoms with Crippen molar-refractivity contribution < 1.29 is 4.79 Å². The van der Waals surface area contributed by atoms with Crippen LogP contribution in [0.2, 0.25) is 0 Å². The molecule has 0 aromatic carbocycles. The quantitative estimate of drug-likeness (QED) is 0.616. The van der Waals surface area contributed by atoms with Gasteiger partial charge in [-0.3, -0.25) is 4.79 Å². The first-order chi connectivity index (χ1) is 7.16. The molecule has 0 aliphatic rings. The summed E-state index contributed by atoms with van der Waals surface area (Å²) in [5.41, 5.74) is 10.2. The van der Waals surface area contributed by atoms with E-state index in [4.69, 9.17) is 11.5 Å². The van der Waals surface area contributed by atoms with Crippen LogP contribution in [0, 0.1) is 0 Å². The Bertz CT molecular complexity index is 228. The fourth-order valence-electron chi connectivity index (χ4n) is 1.45. The van der Waals surface area contributed by atoms with E-state index in [2.05, 4.69) is 16.7 Å². The zero-order valence-corrected chi connectivity index (χ0v) is 11.2. The van der Waals surface area contributed by atoms with Crippen molar-refractivity contribution in [3.05, 3.63) is 0 Å². The first-order valence-corrected chi connectivity index (χ1v) is 5.60. The molecular formula is C11H26N4O. The van der Waals surface area contributed by atoms with Crippen molar-refractivity contribution in [1.29, 1.82) is 0 Å². The Balaban J connectivity index is 4.14. The normalized spacial score (nSPS) is 17.5. The number of amides is 1. The highest BCUT2D eigenvalue weighted by Gasteiger charge is 2.29. The minimum absolute atomic E-state index is 0.238. The Morgan fingerprint density at radius 2 is 1.81 bits per heavy atom. The number of nitrogens with two attached hydrogens (primary N) is 2. The Morgan fingerprint density at radius 1 is 1.31 bits per heavy atom. The summed E-state index contributed by atoms with van der Waals surface area (Å²) in [6.07, 6.45) is 0.576. The van der Waals surface area contributed by atoms with Gasteiger partial charge >= 0.3 is 0 Å². The number of hydrogen-bond acceptors (Lipinski definition) is 4. The van der Waals surface area contributed by atoms with Crippen LogP contribution >= 0.6 is 0 Å². The fraction of sp³-hybridized carbons (Fsp3) is 0.909. The first-order valence-electron chi connectivity index (χ1n) is 5.60. The van der Waals surface area contributed by atoms with Crippen LogP contribution in [0.25, 0.3) is 0 Å². The van der Waals surface area contributed by atoms with E-state index in [0.29, 0.717) is 6.42 Å². The summed E-state index contributed by atoms with van der Waals surface area (Å²) in [6.45, 7) is 5.68. The van der Waals surface area contributed by atoms with Crippen molar-refractivity contribution >= 4 is 5.91 Å². The van der Waals surface area contributed by atoms with Crippen molar-refractivity contribution in [2.45, 2.75) is 31.8 Å². The van der Waals surface area contributed by atoms with E-state index in [1.165, 1.54) is 0 Å². The Labute approximate surface area is 98.7 Å². The molecule has 1 amide bonds. The van der Waals surface area contributed by atoms with Crippen LogP contribution in [0.3, 0.4) is 0 Å². The summed E-state index contributed by atoms with van der Waals surface area (Å²) >= 11 is 0. The molecule has 16 heavy (non-hydrogen) atoms. The summed E-state index contributed by atoms with van der Waals surface area (Å²) in [4.78, 5) is 15.4. The molecule has 0 aliphatic carbocycles. The molecule has 0 aliphatic heterocycles. The first kappa shape index (κ1) is 15.3. The zero-order chi connectivity index (χ0) is 12.9. The lowest BCUT2D eigenvalue weighted by atomic mass is 9.93. The molecule has 4 N–H and O–H groups in total. The summed E-state index contributed by atoms with van der Waals surface area (Å²) in [6, 6.07) is 0.238. The number of nitrogens with zero attached hydrogens (tertiary/aromatic N) is 2. The maximum absolute atomic E-state index is 11.1. The molecule has 2 atom stereocenters. The minimum Gasteiger partial charge on any atom is -0.368 e. The number of carbonyl (C=O) groups excluding carboxylic acids is 1. The molecule has 0 radical (unpaired) electrons. The van der Waals surface area contributed by atoms with E-state index in [0.717, 1.165) is 13.1 Å². The van der Waals surface area contributed by atoms with Gasteiger partial charge in [0.2, 0.25) is 5.91 Å². The van der Waals surface area contributed by atoms with E-state index in [1.807, 2.05) is 21.1 Å². The van der Waals surface area contributed by atoms with Crippen LogP contribution in [0.1, 0.15) is 20.3 Å². The molecule has 0 aromatic heterocycles. The van der Waals surface area contributed by atoms with Gasteiger partial charge in [0, 0.05) is 19.1 Å². The highest BCUT2D eigenvalue weighted by atomic mass is 16.1. The second-order valence-electron chi connectivity index (χ2n) is 5.12. The molecule has 2 unspecified atom stereocenters. The molecule has 0 fully saturated rings. The topological polar surface area (TPSA) is 75.6 Å². The van der Waals surface area contributed by atoms with Crippen LogP contribution in [0.15, 0.2) is 0 Å². The van der Waals surface area contributed by atoms with Gasteiger partial charge in [0.1, 0.15) is 0 Å². The van der Waals surface area contributed by atoms with Crippen molar-refractivity contribution in [2.24, 2.45) is 11.5 Å². The standard InChI is InChI=1S/C11H26N4O/c1-9(8-11(2,13)10(12)16)15(5)7-6-14(3)4/h9H,6-8,13H2,1-5H3,(H2,12,16). The maximum Gasteiger partial charge on any atom is 0.237 e. The Morgan fingerprint density at radius 3 is 2.19 bits per heavy atom. The number of carbonyl (C=O) groups is 1. The van der Waals surface area contributed by atoms with Crippen LogP contribution in [-0.2, 0) is 4.79 Å². The average Bonchev–Trinajstić information content (AvgIpc) is 2.12. The SMILES string of the molecule is CC(CC(C)(N)C(N)=O)N(C)CCN(C)C. The van der Waals surface area contributed by atoms with E-state index >= 15 is 0 Å². The number of primary amides is 1. The van der Waals surface area contributed by atoms with Gasteiger partial charge in [-0.1, -0.05) is 0 Å². The molecule has 0 heterocycles. The van der Waals surface area contributed by atoms with Crippen LogP contribution < -0.4 is 11.5 Å². The summed E-state index contributed by atoms with van der Waals surface area (Å²) < 4.78 is 0. The highest BCUT2D eigenvalue weighted by Crippen LogP contribution is 2.12. The lowest BCUT2D eigenvalue weighted by Gasteiger charge is -2.31. The minimum atomic E-state index is -0.925. The van der Waals surface area contributed by atoms with Crippen LogP contribution in [0.5, 0.6) is 0 Å². The van der Waals surface area contributed by atoms with Gasteiger partial charge in [0.05, 0.1) is 5.54 Å². The molecule has 5 nitrogen and oxygen atoms in total. The monoisotopic (exact) mass is 230 g/mol. The van der Waals surface area contributed by atoms with E-state index in [9.17, 15) is 4.79 Å². The lowest BCUT2D eigenvalue weighted by molar-refractivity contribution is -0.123. The summed E-state index contributed by atoms with van der Waals surface area (Å²) in [5, 5.41) is 0. The third-order valence-electron chi connectivity index (χ3n) is 2.93. The summed E-state index contributed by atoms with van der Waals surface area (Å²) in [7, 11) is 6.11. The molecule has 0 spiro atoms. The van der Waals surface area contributed by atoms with Crippen molar-refractivity contribution in [3.63, 3.8) is 0 Å². The molecule has 0 rings (SSSR count). The Kier molecular flexibility index (Phi) is 5.92. The van der Waals surface area contributed by atoms with Gasteiger partial charge in [0.25, 0.3) is 0 Å². The molecule has 96 valence electrons. The van der Waals surface area contributed by atoms with E-state index in [-0.39, 0.29) is 6.04 Å². The second-order valence-corrected chi connectivity index (χ2v) is 5.12. The highest BCUT2D eigenvalue weighted by molar-refractivity contribution is 5.83. The molecule has 0 bridgehead atoms. The number of likely N-dealkylation sites (N-methyl/N-ethyl adjacent to an activating group) is 2. The smallest absolute Gasteiger partial charge is 0.237 e. The molecule has 0 aromatic rings. The van der Waals surface area contributed by atoms with Gasteiger partial charge in [0.15, 0.2) is 0 Å². The third kappa shape index (κ3) is 5.44. The van der Waals surface area contributed by atoms with E-state index in [1.54, 1.807) is 6.92 Å². The van der Waals surface area contributed by atoms with Gasteiger partial charge in [-0.15, -0.1) is 0 Å². The molecule has 0 saturated carbocycles. The Hall–Kier alpha value is -0.650. The zero-order valence-electron chi connectivity index (χ0n) is 11.2. The maximum atomic E-state index is 11.1. The van der Waals surface area contributed by atoms with Gasteiger partial charge in [-0.05, 0) is 41.4 Å². The van der Waals surface area contributed by atoms with Crippen molar-refractivity contribution in [1.82, 2.24) is 9.80 Å². The van der Waals surface area contributed by atoms with Gasteiger partial charge in [-0.2, -0.15) is 0 Å². The average molecular weight is 230 g/mol. The third-order valence-corrected chi connectivity index (χ3v) is 2.93. The number of rotatable bonds is 7. The van der Waals surface area contributed by atoms with Crippen molar-refractivity contribution in [2.75, 3.05) is 34.2 Å². The molecular weight excluding hydrogens is 204 g/mol. The predicted molar refractivity (Wildman–Crippen MR) is 67.0 cm³/mol. The number of hydrogen-bond donors (Lipinski definition) is 2. The molecule has 5 heteroatoms. The second kappa shape index (κ2) is 6.18. The fourth-order valence-corrected chi connectivity index (χ4v) is 1.45. The summed E-state index contributed by atoms with van der Waals surface area (Å²) in [5.74, 6) is -0.444. The predicted octanol–water partition coefficient (Wildman–Crippen LogP) is -0.539. The van der Waals surface area contributed by atoms with Crippen LogP contribution in [0.4, 0.5) is 0 Å². The van der Waals surface area contributed by atoms with Gasteiger partial charge < -0.3 is 21.3 Å². The van der Waals surface area contributed by atoms with E-state index < -0.39 is 11.4 Å². The van der Waals surface area contributed by atoms with Crippen molar-refractivity contribution in [3.8, 4) is 0 Å². The largest absolute Gasteiger partial charge is 0.368 e. The molecule has 0 saturated heterocycles. The lowest BCUT2D eigenvalue weighted by Crippen LogP contribution is -2.53.